The molecule has 6 heteroatoms. The molecule has 2 unspecified atom stereocenters. The van der Waals surface area contributed by atoms with Gasteiger partial charge in [-0.1, -0.05) is 6.07 Å². The average molecular weight is 312 g/mol. The molecule has 1 aliphatic heterocycles. The Kier molecular flexibility index (Phi) is 4.70. The van der Waals surface area contributed by atoms with E-state index in [2.05, 4.69) is 0 Å². The molecule has 0 spiro atoms. The van der Waals surface area contributed by atoms with Crippen molar-refractivity contribution in [2.24, 2.45) is 11.7 Å². The summed E-state index contributed by atoms with van der Waals surface area (Å²) < 4.78 is 31.6. The van der Waals surface area contributed by atoms with Crippen LogP contribution in [0.5, 0.6) is 0 Å². The third-order valence-corrected chi connectivity index (χ3v) is 3.71. The van der Waals surface area contributed by atoms with Crippen LogP contribution in [0.3, 0.4) is 0 Å². The summed E-state index contributed by atoms with van der Waals surface area (Å²) in [6, 6.07) is 3.24. The van der Waals surface area contributed by atoms with Crippen LogP contribution >= 0.6 is 0 Å². The Hall–Kier alpha value is -1.69. The smallest absolute Gasteiger partial charge is 0.410 e. The fourth-order valence-electron chi connectivity index (χ4n) is 2.56. The molecule has 1 heterocycles. The van der Waals surface area contributed by atoms with Gasteiger partial charge in [0.1, 0.15) is 5.60 Å². The molecule has 22 heavy (non-hydrogen) atoms. The first-order valence-corrected chi connectivity index (χ1v) is 7.36. The Balaban J connectivity index is 2.00. The van der Waals surface area contributed by atoms with Crippen molar-refractivity contribution in [3.05, 3.63) is 35.4 Å². The number of nitrogens with zero attached hydrogens (tertiary/aromatic N) is 1. The van der Waals surface area contributed by atoms with Gasteiger partial charge in [0.25, 0.3) is 0 Å². The molecule has 2 N–H and O–H groups in total. The fraction of sp³-hybridized carbons (Fsp3) is 0.562. The summed E-state index contributed by atoms with van der Waals surface area (Å²) in [5, 5.41) is 0. The van der Waals surface area contributed by atoms with Crippen molar-refractivity contribution >= 4 is 6.09 Å². The van der Waals surface area contributed by atoms with Crippen LogP contribution < -0.4 is 5.73 Å². The van der Waals surface area contributed by atoms with E-state index in [1.165, 1.54) is 6.07 Å². The minimum atomic E-state index is -0.907. The minimum absolute atomic E-state index is 0.00243. The molecule has 1 saturated heterocycles. The Morgan fingerprint density at radius 3 is 2.64 bits per heavy atom. The zero-order chi connectivity index (χ0) is 16.5. The van der Waals surface area contributed by atoms with E-state index >= 15 is 0 Å². The Morgan fingerprint density at radius 2 is 2.05 bits per heavy atom. The van der Waals surface area contributed by atoms with E-state index in [-0.39, 0.29) is 12.0 Å². The van der Waals surface area contributed by atoms with Crippen LogP contribution in [-0.2, 0) is 4.74 Å². The number of halogens is 2. The van der Waals surface area contributed by atoms with Gasteiger partial charge in [-0.3, -0.25) is 0 Å². The predicted molar refractivity (Wildman–Crippen MR) is 79.2 cm³/mol. The molecule has 0 aromatic heterocycles. The molecule has 2 rings (SSSR count). The van der Waals surface area contributed by atoms with Gasteiger partial charge in [0, 0.05) is 19.1 Å². The zero-order valence-corrected chi connectivity index (χ0v) is 13.1. The minimum Gasteiger partial charge on any atom is -0.444 e. The van der Waals surface area contributed by atoms with Crippen molar-refractivity contribution in [3.63, 3.8) is 0 Å². The van der Waals surface area contributed by atoms with Crippen molar-refractivity contribution in [1.29, 1.82) is 0 Å². The second-order valence-electron chi connectivity index (χ2n) is 6.67. The predicted octanol–water partition coefficient (Wildman–Crippen LogP) is 3.22. The lowest BCUT2D eigenvalue weighted by atomic mass is 9.93. The number of ether oxygens (including phenoxy) is 1. The number of benzene rings is 1. The second kappa shape index (κ2) is 6.20. The lowest BCUT2D eigenvalue weighted by molar-refractivity contribution is 0.0286. The number of hydrogen-bond donors (Lipinski definition) is 1. The van der Waals surface area contributed by atoms with Gasteiger partial charge >= 0.3 is 6.09 Å². The molecule has 122 valence electrons. The summed E-state index contributed by atoms with van der Waals surface area (Å²) in [4.78, 5) is 13.6. The highest BCUT2D eigenvalue weighted by molar-refractivity contribution is 5.68. The first-order chi connectivity index (χ1) is 10.2. The number of likely N-dealkylation sites (tertiary alicyclic amines) is 1. The highest BCUT2D eigenvalue weighted by atomic mass is 19.2. The number of hydrogen-bond acceptors (Lipinski definition) is 3. The van der Waals surface area contributed by atoms with E-state index in [1.54, 1.807) is 4.90 Å². The molecule has 2 atom stereocenters. The molecule has 1 aromatic carbocycles. The number of amides is 1. The largest absolute Gasteiger partial charge is 0.444 e. The molecule has 1 amide bonds. The topological polar surface area (TPSA) is 55.6 Å². The van der Waals surface area contributed by atoms with E-state index in [9.17, 15) is 13.6 Å². The van der Waals surface area contributed by atoms with Crippen LogP contribution in [0.15, 0.2) is 18.2 Å². The number of carbonyl (C=O) groups is 1. The van der Waals surface area contributed by atoms with Crippen LogP contribution in [0, 0.1) is 17.6 Å². The van der Waals surface area contributed by atoms with E-state index in [0.29, 0.717) is 25.1 Å². The van der Waals surface area contributed by atoms with Crippen molar-refractivity contribution < 1.29 is 18.3 Å². The summed E-state index contributed by atoms with van der Waals surface area (Å²) in [7, 11) is 0. The third kappa shape index (κ3) is 3.94. The zero-order valence-electron chi connectivity index (χ0n) is 13.1. The van der Waals surface area contributed by atoms with Gasteiger partial charge in [0.15, 0.2) is 11.6 Å². The SMILES string of the molecule is CC(C)(C)OC(=O)N1CCC(C(N)c2ccc(F)c(F)c2)C1. The maximum absolute atomic E-state index is 13.3. The Bertz CT molecular complexity index is 558. The first-order valence-electron chi connectivity index (χ1n) is 7.36. The summed E-state index contributed by atoms with van der Waals surface area (Å²) in [6.45, 7) is 6.44. The highest BCUT2D eigenvalue weighted by Gasteiger charge is 2.33. The van der Waals surface area contributed by atoms with Crippen LogP contribution in [0.4, 0.5) is 13.6 Å². The van der Waals surface area contributed by atoms with Crippen LogP contribution in [-0.4, -0.2) is 29.7 Å². The lowest BCUT2D eigenvalue weighted by Crippen LogP contribution is -2.36. The number of carbonyl (C=O) groups excluding carboxylic acids is 1. The summed E-state index contributed by atoms with van der Waals surface area (Å²) in [5.41, 5.74) is 6.13. The van der Waals surface area contributed by atoms with Crippen molar-refractivity contribution in [2.75, 3.05) is 13.1 Å². The third-order valence-electron chi connectivity index (χ3n) is 3.71. The van der Waals surface area contributed by atoms with E-state index in [0.717, 1.165) is 12.1 Å². The van der Waals surface area contributed by atoms with Gasteiger partial charge in [0.05, 0.1) is 0 Å². The highest BCUT2D eigenvalue weighted by Crippen LogP contribution is 2.29. The number of nitrogens with two attached hydrogens (primary N) is 1. The molecule has 1 fully saturated rings. The van der Waals surface area contributed by atoms with Gasteiger partial charge < -0.3 is 15.4 Å². The first kappa shape index (κ1) is 16.7. The average Bonchev–Trinajstić information content (AvgIpc) is 2.89. The van der Waals surface area contributed by atoms with Crippen molar-refractivity contribution in [2.45, 2.75) is 38.8 Å². The molecule has 4 nitrogen and oxygen atoms in total. The van der Waals surface area contributed by atoms with Gasteiger partial charge in [-0.25, -0.2) is 13.6 Å². The van der Waals surface area contributed by atoms with Crippen LogP contribution in [0.2, 0.25) is 0 Å². The molecule has 0 saturated carbocycles. The van der Waals surface area contributed by atoms with E-state index in [4.69, 9.17) is 10.5 Å². The molecule has 0 bridgehead atoms. The fourth-order valence-corrected chi connectivity index (χ4v) is 2.56. The summed E-state index contributed by atoms with van der Waals surface area (Å²) in [6.07, 6.45) is 0.340. The number of rotatable bonds is 2. The molecule has 0 aliphatic carbocycles. The van der Waals surface area contributed by atoms with Crippen molar-refractivity contribution in [3.8, 4) is 0 Å². The quantitative estimate of drug-likeness (QED) is 0.912. The second-order valence-corrected chi connectivity index (χ2v) is 6.67. The van der Waals surface area contributed by atoms with E-state index < -0.39 is 23.3 Å². The van der Waals surface area contributed by atoms with Gasteiger partial charge in [-0.2, -0.15) is 0 Å². The normalized spacial score (nSPS) is 20.1. The summed E-state index contributed by atoms with van der Waals surface area (Å²) >= 11 is 0. The Morgan fingerprint density at radius 1 is 1.36 bits per heavy atom. The van der Waals surface area contributed by atoms with Gasteiger partial charge in [-0.15, -0.1) is 0 Å². The standard InChI is InChI=1S/C16H22F2N2O2/c1-16(2,3)22-15(21)20-7-6-11(9-20)14(19)10-4-5-12(17)13(18)8-10/h4-5,8,11,14H,6-7,9,19H2,1-3H3. The summed E-state index contributed by atoms with van der Waals surface area (Å²) in [5.74, 6) is -1.80. The van der Waals surface area contributed by atoms with Gasteiger partial charge in [-0.05, 0) is 50.8 Å². The lowest BCUT2D eigenvalue weighted by Gasteiger charge is -2.25. The molecule has 1 aliphatic rings. The maximum Gasteiger partial charge on any atom is 0.410 e. The molecular formula is C16H22F2N2O2. The van der Waals surface area contributed by atoms with Crippen LogP contribution in [0.25, 0.3) is 0 Å². The monoisotopic (exact) mass is 312 g/mol. The van der Waals surface area contributed by atoms with Crippen molar-refractivity contribution in [1.82, 2.24) is 4.90 Å². The molecule has 1 aromatic rings. The van der Waals surface area contributed by atoms with Gasteiger partial charge in [0.2, 0.25) is 0 Å². The Labute approximate surface area is 129 Å². The van der Waals surface area contributed by atoms with Crippen LogP contribution in [0.1, 0.15) is 38.8 Å². The molecular weight excluding hydrogens is 290 g/mol. The van der Waals surface area contributed by atoms with E-state index in [1.807, 2.05) is 20.8 Å². The maximum atomic E-state index is 13.3. The molecule has 0 radical (unpaired) electrons.